The van der Waals surface area contributed by atoms with Gasteiger partial charge in [-0.2, -0.15) is 13.2 Å². The van der Waals surface area contributed by atoms with Crippen molar-refractivity contribution in [1.29, 1.82) is 0 Å². The average molecular weight is 581 g/mol. The van der Waals surface area contributed by atoms with Crippen LogP contribution in [0.1, 0.15) is 75.5 Å². The maximum absolute atomic E-state index is 12.9. The van der Waals surface area contributed by atoms with E-state index in [0.29, 0.717) is 11.1 Å². The second-order valence-corrected chi connectivity index (χ2v) is 12.1. The molecule has 2 nitrogen and oxygen atoms in total. The lowest BCUT2D eigenvalue weighted by atomic mass is 9.74. The molecule has 2 fully saturated rings. The monoisotopic (exact) mass is 580 g/mol. The van der Waals surface area contributed by atoms with E-state index in [1.807, 2.05) is 6.92 Å². The van der Waals surface area contributed by atoms with Gasteiger partial charge in [-0.3, -0.25) is 0 Å². The smallest absolute Gasteiger partial charge is 0.359 e. The Hall–Kier alpha value is -3.12. The molecule has 1 N–H and O–H groups in total. The number of aryl methyl sites for hydroxylation is 1. The van der Waals surface area contributed by atoms with E-state index in [2.05, 4.69) is 48.0 Å². The van der Waals surface area contributed by atoms with E-state index in [-0.39, 0.29) is 11.2 Å². The van der Waals surface area contributed by atoms with Crippen LogP contribution in [0, 0.1) is 12.7 Å². The molecule has 0 aromatic heterocycles. The maximum Gasteiger partial charge on any atom is 0.393 e. The van der Waals surface area contributed by atoms with Gasteiger partial charge in [0.2, 0.25) is 0 Å². The predicted molar refractivity (Wildman–Crippen MR) is 166 cm³/mol. The van der Waals surface area contributed by atoms with Crippen molar-refractivity contribution in [3.8, 4) is 11.1 Å². The highest BCUT2D eigenvalue weighted by molar-refractivity contribution is 5.64. The van der Waals surface area contributed by atoms with Gasteiger partial charge in [0, 0.05) is 17.4 Å². The molecule has 0 spiro atoms. The minimum Gasteiger partial charge on any atom is -0.359 e. The molecule has 0 amide bonds. The van der Waals surface area contributed by atoms with Crippen molar-refractivity contribution in [2.75, 3.05) is 18.4 Å². The third-order valence-electron chi connectivity index (χ3n) is 8.92. The van der Waals surface area contributed by atoms with E-state index in [1.54, 1.807) is 43.3 Å². The van der Waals surface area contributed by atoms with E-state index in [1.165, 1.54) is 63.2 Å². The topological polar surface area (TPSA) is 15.3 Å². The number of nitrogens with zero attached hydrogens (tertiary/aromatic N) is 1. The third-order valence-corrected chi connectivity index (χ3v) is 8.92. The molecule has 1 heterocycles. The molecular weight excluding hydrogens is 536 g/mol. The standard InChI is InChI=1S/C25H30F3N.C11H14FN/c1-24(14-16-29(17-15-24)23-4-2-3-5-23)22-12-10-21(11-13-22)20-8-6-19(7-9-20)18-25(26,27)28;1-4-9(3)13-10-5-6-11(12)8(2)7-10/h6-13,23H,2-5,14-18H2,1H3;5-7,13H,3-4H2,1-2H3. The highest BCUT2D eigenvalue weighted by Gasteiger charge is 2.34. The molecule has 6 heteroatoms. The van der Waals surface area contributed by atoms with Gasteiger partial charge < -0.3 is 10.2 Å². The number of benzene rings is 3. The van der Waals surface area contributed by atoms with E-state index < -0.39 is 12.6 Å². The summed E-state index contributed by atoms with van der Waals surface area (Å²) in [6.45, 7) is 12.3. The third kappa shape index (κ3) is 8.70. The highest BCUT2D eigenvalue weighted by atomic mass is 19.4. The molecule has 0 atom stereocenters. The number of halogens is 4. The van der Waals surface area contributed by atoms with Crippen molar-refractivity contribution >= 4 is 5.69 Å². The van der Waals surface area contributed by atoms with Crippen molar-refractivity contribution in [3.63, 3.8) is 0 Å². The molecule has 5 rings (SSSR count). The van der Waals surface area contributed by atoms with Crippen LogP contribution in [0.15, 0.2) is 79.0 Å². The molecule has 1 aliphatic heterocycles. The lowest BCUT2D eigenvalue weighted by Crippen LogP contribution is -2.45. The molecule has 0 unspecified atom stereocenters. The lowest BCUT2D eigenvalue weighted by molar-refractivity contribution is -0.127. The first kappa shape index (κ1) is 31.8. The number of nitrogens with one attached hydrogen (secondary N) is 1. The molecular formula is C36H44F4N2. The van der Waals surface area contributed by atoms with Gasteiger partial charge in [-0.05, 0) is 104 Å². The average Bonchev–Trinajstić information content (AvgIpc) is 3.51. The number of alkyl halides is 3. The Morgan fingerprint density at radius 1 is 0.929 bits per heavy atom. The van der Waals surface area contributed by atoms with Crippen molar-refractivity contribution in [2.24, 2.45) is 0 Å². The van der Waals surface area contributed by atoms with E-state index in [4.69, 9.17) is 0 Å². The Morgan fingerprint density at radius 3 is 2.02 bits per heavy atom. The quantitative estimate of drug-likeness (QED) is 0.280. The molecule has 1 aliphatic carbocycles. The van der Waals surface area contributed by atoms with Crippen LogP contribution in [0.5, 0.6) is 0 Å². The van der Waals surface area contributed by atoms with Crippen molar-refractivity contribution in [1.82, 2.24) is 4.90 Å². The number of hydrogen-bond donors (Lipinski definition) is 1. The maximum atomic E-state index is 12.9. The van der Waals surface area contributed by atoms with Crippen LogP contribution in [0.3, 0.4) is 0 Å². The number of piperidine rings is 1. The summed E-state index contributed by atoms with van der Waals surface area (Å²) in [5.41, 5.74) is 6.39. The van der Waals surface area contributed by atoms with Gasteiger partial charge in [-0.15, -0.1) is 0 Å². The summed E-state index contributed by atoms with van der Waals surface area (Å²) in [4.78, 5) is 2.70. The van der Waals surface area contributed by atoms with Gasteiger partial charge >= 0.3 is 6.18 Å². The van der Waals surface area contributed by atoms with Crippen LogP contribution in [0.2, 0.25) is 0 Å². The number of anilines is 1. The number of hydrogen-bond acceptors (Lipinski definition) is 2. The first-order chi connectivity index (χ1) is 20.0. The van der Waals surface area contributed by atoms with Crippen LogP contribution < -0.4 is 5.32 Å². The minimum absolute atomic E-state index is 0.173. The Kier molecular flexibility index (Phi) is 10.5. The first-order valence-electron chi connectivity index (χ1n) is 15.2. The molecule has 0 radical (unpaired) electrons. The van der Waals surface area contributed by atoms with Crippen LogP contribution in [0.4, 0.5) is 23.2 Å². The van der Waals surface area contributed by atoms with Crippen LogP contribution in [-0.2, 0) is 11.8 Å². The van der Waals surface area contributed by atoms with Gasteiger partial charge in [0.1, 0.15) is 5.82 Å². The SMILES string of the molecule is C=C(CC)Nc1ccc(F)c(C)c1.CC1(c2ccc(-c3ccc(CC(F)(F)F)cc3)cc2)CCN(C2CCCC2)CC1. The summed E-state index contributed by atoms with van der Waals surface area (Å²) in [6, 6.07) is 21.1. The fourth-order valence-electron chi connectivity index (χ4n) is 6.07. The largest absolute Gasteiger partial charge is 0.393 e. The summed E-state index contributed by atoms with van der Waals surface area (Å²) in [7, 11) is 0. The number of likely N-dealkylation sites (tertiary alicyclic amines) is 1. The van der Waals surface area contributed by atoms with Crippen molar-refractivity contribution in [3.05, 3.63) is 102 Å². The van der Waals surface area contributed by atoms with Crippen molar-refractivity contribution in [2.45, 2.75) is 89.8 Å². The summed E-state index contributed by atoms with van der Waals surface area (Å²) in [6.07, 6.45) is 3.73. The molecule has 1 saturated carbocycles. The summed E-state index contributed by atoms with van der Waals surface area (Å²) >= 11 is 0. The summed E-state index contributed by atoms with van der Waals surface area (Å²) < 4.78 is 50.5. The Balaban J connectivity index is 0.000000262. The van der Waals surface area contributed by atoms with E-state index >= 15 is 0 Å². The van der Waals surface area contributed by atoms with E-state index in [9.17, 15) is 17.6 Å². The van der Waals surface area contributed by atoms with Crippen molar-refractivity contribution < 1.29 is 17.6 Å². The van der Waals surface area contributed by atoms with Gasteiger partial charge in [-0.25, -0.2) is 4.39 Å². The van der Waals surface area contributed by atoms with Crippen LogP contribution >= 0.6 is 0 Å². The zero-order valence-corrected chi connectivity index (χ0v) is 25.2. The Bertz CT molecular complexity index is 1300. The Morgan fingerprint density at radius 2 is 1.50 bits per heavy atom. The van der Waals surface area contributed by atoms with Crippen LogP contribution in [-0.4, -0.2) is 30.2 Å². The van der Waals surface area contributed by atoms with Gasteiger partial charge in [0.15, 0.2) is 0 Å². The summed E-state index contributed by atoms with van der Waals surface area (Å²) in [5.74, 6) is -0.173. The fraction of sp³-hybridized carbons (Fsp3) is 0.444. The number of rotatable bonds is 7. The zero-order chi connectivity index (χ0) is 30.3. The minimum atomic E-state index is -4.16. The second kappa shape index (κ2) is 13.9. The van der Waals surface area contributed by atoms with Gasteiger partial charge in [0.25, 0.3) is 0 Å². The first-order valence-corrected chi connectivity index (χ1v) is 15.2. The molecule has 42 heavy (non-hydrogen) atoms. The molecule has 0 bridgehead atoms. The zero-order valence-electron chi connectivity index (χ0n) is 25.2. The normalized spacial score (nSPS) is 17.4. The number of allylic oxidation sites excluding steroid dienone is 1. The van der Waals surface area contributed by atoms with Gasteiger partial charge in [-0.1, -0.05) is 81.8 Å². The lowest BCUT2D eigenvalue weighted by Gasteiger charge is -2.42. The molecule has 1 saturated heterocycles. The fourth-order valence-corrected chi connectivity index (χ4v) is 6.07. The highest BCUT2D eigenvalue weighted by Crippen LogP contribution is 2.38. The molecule has 3 aromatic rings. The Labute approximate surface area is 248 Å². The van der Waals surface area contributed by atoms with Gasteiger partial charge in [0.05, 0.1) is 6.42 Å². The van der Waals surface area contributed by atoms with E-state index in [0.717, 1.165) is 35.0 Å². The summed E-state index contributed by atoms with van der Waals surface area (Å²) in [5, 5.41) is 3.10. The predicted octanol–water partition coefficient (Wildman–Crippen LogP) is 10.2. The molecule has 226 valence electrons. The second-order valence-electron chi connectivity index (χ2n) is 12.1. The molecule has 2 aliphatic rings. The molecule has 3 aromatic carbocycles. The van der Waals surface area contributed by atoms with Crippen LogP contribution in [0.25, 0.3) is 11.1 Å².